The van der Waals surface area contributed by atoms with Gasteiger partial charge in [-0.3, -0.25) is 9.58 Å². The number of hydrogen-bond donors (Lipinski definition) is 1. The maximum atomic E-state index is 11.1. The summed E-state index contributed by atoms with van der Waals surface area (Å²) < 4.78 is 13.6. The van der Waals surface area contributed by atoms with Crippen LogP contribution >= 0.6 is 23.2 Å². The van der Waals surface area contributed by atoms with Crippen LogP contribution in [0.15, 0.2) is 54.9 Å². The van der Waals surface area contributed by atoms with E-state index >= 15 is 0 Å². The Morgan fingerprint density at radius 1 is 1.00 bits per heavy atom. The van der Waals surface area contributed by atoms with Crippen LogP contribution in [0, 0.1) is 6.92 Å². The molecule has 8 heteroatoms. The van der Waals surface area contributed by atoms with Gasteiger partial charge < -0.3 is 14.6 Å². The van der Waals surface area contributed by atoms with Gasteiger partial charge in [0.2, 0.25) is 0 Å². The van der Waals surface area contributed by atoms with Gasteiger partial charge in [-0.25, -0.2) is 0 Å². The fourth-order valence-corrected chi connectivity index (χ4v) is 4.41. The monoisotopic (exact) mass is 503 g/mol. The first-order valence-electron chi connectivity index (χ1n) is 11.6. The van der Waals surface area contributed by atoms with E-state index in [1.165, 1.54) is 5.56 Å². The molecule has 1 atom stereocenters. The van der Waals surface area contributed by atoms with Crippen molar-refractivity contribution in [2.45, 2.75) is 44.9 Å². The van der Waals surface area contributed by atoms with Gasteiger partial charge in [0.15, 0.2) is 0 Å². The lowest BCUT2D eigenvalue weighted by Crippen LogP contribution is -2.37. The van der Waals surface area contributed by atoms with Gasteiger partial charge in [0.25, 0.3) is 0 Å². The van der Waals surface area contributed by atoms with E-state index in [9.17, 15) is 5.11 Å². The number of aliphatic hydroxyl groups is 1. The van der Waals surface area contributed by atoms with E-state index < -0.39 is 5.60 Å². The highest BCUT2D eigenvalue weighted by atomic mass is 35.5. The van der Waals surface area contributed by atoms with Crippen LogP contribution in [0.25, 0.3) is 0 Å². The van der Waals surface area contributed by atoms with E-state index in [0.717, 1.165) is 43.9 Å². The minimum absolute atomic E-state index is 0.239. The molecule has 0 radical (unpaired) electrons. The van der Waals surface area contributed by atoms with Crippen LogP contribution in [0.2, 0.25) is 10.0 Å². The zero-order valence-electron chi connectivity index (χ0n) is 19.4. The average Bonchev–Trinajstić information content (AvgIpc) is 3.15. The number of hydrogen-bond acceptors (Lipinski definition) is 5. The second-order valence-corrected chi connectivity index (χ2v) is 9.81. The van der Waals surface area contributed by atoms with Crippen molar-refractivity contribution in [2.24, 2.45) is 0 Å². The SMILES string of the molecule is Cc1cnn(CCOc2ccc(CN3CCC[C@@](O)(COc4ccc(Cl)c(Cl)c4)CC3)cc2)c1. The van der Waals surface area contributed by atoms with Gasteiger partial charge in [-0.15, -0.1) is 0 Å². The van der Waals surface area contributed by atoms with E-state index in [1.54, 1.807) is 18.2 Å². The zero-order chi connectivity index (χ0) is 24.0. The highest BCUT2D eigenvalue weighted by Gasteiger charge is 2.31. The van der Waals surface area contributed by atoms with Crippen molar-refractivity contribution in [3.63, 3.8) is 0 Å². The fourth-order valence-electron chi connectivity index (χ4n) is 4.12. The summed E-state index contributed by atoms with van der Waals surface area (Å²) in [5.74, 6) is 1.48. The van der Waals surface area contributed by atoms with Gasteiger partial charge in [0, 0.05) is 25.4 Å². The van der Waals surface area contributed by atoms with Crippen LogP contribution in [0.4, 0.5) is 0 Å². The molecule has 0 spiro atoms. The predicted octanol–water partition coefficient (Wildman–Crippen LogP) is 5.37. The fraction of sp³-hybridized carbons (Fsp3) is 0.423. The average molecular weight is 504 g/mol. The van der Waals surface area contributed by atoms with Crippen LogP contribution in [0.5, 0.6) is 11.5 Å². The van der Waals surface area contributed by atoms with E-state index in [2.05, 4.69) is 22.1 Å². The number of ether oxygens (including phenoxy) is 2. The summed E-state index contributed by atoms with van der Waals surface area (Å²) in [6.07, 6.45) is 6.13. The third kappa shape index (κ3) is 7.12. The van der Waals surface area contributed by atoms with Crippen LogP contribution in [-0.4, -0.2) is 51.7 Å². The second-order valence-electron chi connectivity index (χ2n) is 8.99. The molecule has 0 bridgehead atoms. The largest absolute Gasteiger partial charge is 0.492 e. The molecular formula is C26H31Cl2N3O3. The summed E-state index contributed by atoms with van der Waals surface area (Å²) in [4.78, 5) is 2.38. The van der Waals surface area contributed by atoms with Gasteiger partial charge >= 0.3 is 0 Å². The van der Waals surface area contributed by atoms with E-state index in [4.69, 9.17) is 32.7 Å². The number of nitrogens with zero attached hydrogens (tertiary/aromatic N) is 3. The Morgan fingerprint density at radius 3 is 2.53 bits per heavy atom. The van der Waals surface area contributed by atoms with Gasteiger partial charge in [0.05, 0.1) is 28.4 Å². The molecule has 6 nitrogen and oxygen atoms in total. The van der Waals surface area contributed by atoms with Gasteiger partial charge in [-0.1, -0.05) is 35.3 Å². The van der Waals surface area contributed by atoms with Crippen molar-refractivity contribution >= 4 is 23.2 Å². The van der Waals surface area contributed by atoms with Crippen LogP contribution < -0.4 is 9.47 Å². The molecule has 3 aromatic rings. The molecule has 2 heterocycles. The highest BCUT2D eigenvalue weighted by molar-refractivity contribution is 6.42. The maximum Gasteiger partial charge on any atom is 0.121 e. The van der Waals surface area contributed by atoms with Crippen molar-refractivity contribution in [3.05, 3.63) is 76.0 Å². The summed E-state index contributed by atoms with van der Waals surface area (Å²) >= 11 is 12.0. The first-order chi connectivity index (χ1) is 16.4. The predicted molar refractivity (Wildman–Crippen MR) is 135 cm³/mol. The van der Waals surface area contributed by atoms with Gasteiger partial charge in [0.1, 0.15) is 24.7 Å². The minimum Gasteiger partial charge on any atom is -0.492 e. The van der Waals surface area contributed by atoms with E-state index in [0.29, 0.717) is 35.2 Å². The summed E-state index contributed by atoms with van der Waals surface area (Å²) in [5.41, 5.74) is 1.52. The number of benzene rings is 2. The zero-order valence-corrected chi connectivity index (χ0v) is 20.9. The maximum absolute atomic E-state index is 11.1. The van der Waals surface area contributed by atoms with Crippen molar-refractivity contribution in [1.29, 1.82) is 0 Å². The third-order valence-corrected chi connectivity index (χ3v) is 6.83. The van der Waals surface area contributed by atoms with E-state index in [1.807, 2.05) is 36.1 Å². The number of halogens is 2. The highest BCUT2D eigenvalue weighted by Crippen LogP contribution is 2.29. The van der Waals surface area contributed by atoms with Crippen molar-refractivity contribution < 1.29 is 14.6 Å². The number of aryl methyl sites for hydroxylation is 1. The topological polar surface area (TPSA) is 59.8 Å². The third-order valence-electron chi connectivity index (χ3n) is 6.09. The normalized spacial score (nSPS) is 19.1. The molecule has 0 amide bonds. The van der Waals surface area contributed by atoms with Crippen molar-refractivity contribution in [1.82, 2.24) is 14.7 Å². The Hall–Kier alpha value is -2.25. The Labute approximate surface area is 211 Å². The smallest absolute Gasteiger partial charge is 0.121 e. The molecule has 0 aliphatic carbocycles. The van der Waals surface area contributed by atoms with Gasteiger partial charge in [-0.05, 0) is 68.1 Å². The molecule has 1 aliphatic heterocycles. The first kappa shape index (κ1) is 24.9. The molecule has 1 fully saturated rings. The quantitative estimate of drug-likeness (QED) is 0.425. The molecule has 182 valence electrons. The Bertz CT molecular complexity index is 1070. The van der Waals surface area contributed by atoms with Gasteiger partial charge in [-0.2, -0.15) is 5.10 Å². The molecule has 1 N–H and O–H groups in total. The molecule has 4 rings (SSSR count). The minimum atomic E-state index is -0.855. The molecular weight excluding hydrogens is 473 g/mol. The lowest BCUT2D eigenvalue weighted by atomic mass is 9.96. The first-order valence-corrected chi connectivity index (χ1v) is 12.4. The van der Waals surface area contributed by atoms with Crippen molar-refractivity contribution in [2.75, 3.05) is 26.3 Å². The summed E-state index contributed by atoms with van der Waals surface area (Å²) in [6.45, 7) is 6.16. The number of likely N-dealkylation sites (tertiary alicyclic amines) is 1. The molecule has 0 saturated carbocycles. The molecule has 2 aromatic carbocycles. The van der Waals surface area contributed by atoms with Crippen LogP contribution in [0.1, 0.15) is 30.4 Å². The second kappa shape index (κ2) is 11.5. The standard InChI is InChI=1S/C26H31Cl2N3O3/c1-20-16-29-31(17-20)13-14-33-22-5-3-21(4-6-22)18-30-11-2-9-26(32,10-12-30)19-34-23-7-8-24(27)25(28)15-23/h3-8,15-17,32H,2,9-14,18-19H2,1H3/t26-/m0/s1. The van der Waals surface area contributed by atoms with Crippen LogP contribution in [-0.2, 0) is 13.1 Å². The molecule has 1 saturated heterocycles. The molecule has 1 aliphatic rings. The Balaban J connectivity index is 1.22. The number of rotatable bonds is 9. The molecule has 34 heavy (non-hydrogen) atoms. The Kier molecular flexibility index (Phi) is 8.37. The molecule has 0 unspecified atom stereocenters. The summed E-state index contributed by atoms with van der Waals surface area (Å²) in [7, 11) is 0. The van der Waals surface area contributed by atoms with Crippen molar-refractivity contribution in [3.8, 4) is 11.5 Å². The summed E-state index contributed by atoms with van der Waals surface area (Å²) in [5, 5.41) is 16.3. The van der Waals surface area contributed by atoms with E-state index in [-0.39, 0.29) is 6.61 Å². The lowest BCUT2D eigenvalue weighted by molar-refractivity contribution is -0.0168. The number of aromatic nitrogens is 2. The lowest BCUT2D eigenvalue weighted by Gasteiger charge is -2.27. The Morgan fingerprint density at radius 2 is 1.79 bits per heavy atom. The van der Waals surface area contributed by atoms with Crippen LogP contribution in [0.3, 0.4) is 0 Å². The molecule has 1 aromatic heterocycles. The summed E-state index contributed by atoms with van der Waals surface area (Å²) in [6, 6.07) is 13.4.